The van der Waals surface area contributed by atoms with Gasteiger partial charge in [-0.05, 0) is 26.2 Å². The molecule has 4 nitrogen and oxygen atoms in total. The van der Waals surface area contributed by atoms with E-state index in [0.29, 0.717) is 17.7 Å². The molecule has 0 saturated carbocycles. The van der Waals surface area contributed by atoms with Crippen LogP contribution in [0.15, 0.2) is 4.42 Å². The Hall–Kier alpha value is -0.420. The molecule has 0 aromatic carbocycles. The van der Waals surface area contributed by atoms with Crippen LogP contribution in [0.25, 0.3) is 0 Å². The molecule has 1 aromatic rings. The van der Waals surface area contributed by atoms with Crippen LogP contribution in [0.4, 0.5) is 0 Å². The van der Waals surface area contributed by atoms with Crippen molar-refractivity contribution in [2.24, 2.45) is 5.92 Å². The first kappa shape index (κ1) is 13.0. The predicted molar refractivity (Wildman–Crippen MR) is 68.2 cm³/mol. The lowest BCUT2D eigenvalue weighted by Gasteiger charge is -2.13. The van der Waals surface area contributed by atoms with Crippen LogP contribution >= 0.6 is 15.9 Å². The SMILES string of the molecule is CCC(Br)c1nnc(C2C(C)OC(C)C2C)o1. The van der Waals surface area contributed by atoms with Gasteiger partial charge >= 0.3 is 0 Å². The summed E-state index contributed by atoms with van der Waals surface area (Å²) in [6, 6.07) is 0. The summed E-state index contributed by atoms with van der Waals surface area (Å²) in [5.74, 6) is 2.00. The molecule has 0 bridgehead atoms. The Bertz CT molecular complexity index is 382. The van der Waals surface area contributed by atoms with Gasteiger partial charge in [-0.3, -0.25) is 0 Å². The lowest BCUT2D eigenvalue weighted by Crippen LogP contribution is -2.15. The van der Waals surface area contributed by atoms with Gasteiger partial charge < -0.3 is 9.15 Å². The zero-order valence-corrected chi connectivity index (χ0v) is 12.3. The van der Waals surface area contributed by atoms with Crippen molar-refractivity contribution in [2.45, 2.75) is 57.1 Å². The molecule has 0 aliphatic carbocycles. The van der Waals surface area contributed by atoms with E-state index >= 15 is 0 Å². The Balaban J connectivity index is 2.20. The van der Waals surface area contributed by atoms with Crippen LogP contribution < -0.4 is 0 Å². The van der Waals surface area contributed by atoms with Crippen LogP contribution in [0.2, 0.25) is 0 Å². The largest absolute Gasteiger partial charge is 0.424 e. The summed E-state index contributed by atoms with van der Waals surface area (Å²) >= 11 is 3.52. The van der Waals surface area contributed by atoms with Gasteiger partial charge in [-0.1, -0.05) is 29.8 Å². The number of rotatable bonds is 3. The number of hydrogen-bond donors (Lipinski definition) is 0. The Kier molecular flexibility index (Phi) is 3.88. The summed E-state index contributed by atoms with van der Waals surface area (Å²) in [7, 11) is 0. The van der Waals surface area contributed by atoms with Crippen molar-refractivity contribution >= 4 is 15.9 Å². The molecule has 5 heteroatoms. The van der Waals surface area contributed by atoms with E-state index in [1.54, 1.807) is 0 Å². The van der Waals surface area contributed by atoms with Crippen molar-refractivity contribution in [3.8, 4) is 0 Å². The molecular weight excluding hydrogens is 284 g/mol. The van der Waals surface area contributed by atoms with Gasteiger partial charge in [-0.15, -0.1) is 10.2 Å². The quantitative estimate of drug-likeness (QED) is 0.803. The van der Waals surface area contributed by atoms with Crippen molar-refractivity contribution < 1.29 is 9.15 Å². The minimum absolute atomic E-state index is 0.142. The maximum Gasteiger partial charge on any atom is 0.230 e. The molecule has 0 radical (unpaired) electrons. The van der Waals surface area contributed by atoms with Gasteiger partial charge in [0.25, 0.3) is 0 Å². The smallest absolute Gasteiger partial charge is 0.230 e. The van der Waals surface area contributed by atoms with Crippen molar-refractivity contribution in [3.63, 3.8) is 0 Å². The van der Waals surface area contributed by atoms with Gasteiger partial charge in [0.15, 0.2) is 0 Å². The van der Waals surface area contributed by atoms with Gasteiger partial charge in [0.05, 0.1) is 23.0 Å². The first-order valence-corrected chi connectivity index (χ1v) is 7.09. The monoisotopic (exact) mass is 302 g/mol. The molecule has 5 unspecified atom stereocenters. The summed E-state index contributed by atoms with van der Waals surface area (Å²) in [5, 5.41) is 8.28. The van der Waals surface area contributed by atoms with Crippen LogP contribution in [-0.2, 0) is 4.74 Å². The van der Waals surface area contributed by atoms with Crippen LogP contribution in [0.5, 0.6) is 0 Å². The van der Waals surface area contributed by atoms with Crippen molar-refractivity contribution in [2.75, 3.05) is 0 Å². The van der Waals surface area contributed by atoms with E-state index in [-0.39, 0.29) is 23.0 Å². The third-order valence-electron chi connectivity index (χ3n) is 3.61. The minimum Gasteiger partial charge on any atom is -0.424 e. The highest BCUT2D eigenvalue weighted by atomic mass is 79.9. The van der Waals surface area contributed by atoms with Crippen LogP contribution in [0.3, 0.4) is 0 Å². The molecule has 1 fully saturated rings. The number of alkyl halides is 1. The second kappa shape index (κ2) is 5.06. The molecule has 0 amide bonds. The van der Waals surface area contributed by atoms with Crippen LogP contribution in [0.1, 0.15) is 56.6 Å². The second-order valence-corrected chi connectivity index (χ2v) is 5.89. The Labute approximate surface area is 110 Å². The lowest BCUT2D eigenvalue weighted by atomic mass is 9.89. The summed E-state index contributed by atoms with van der Waals surface area (Å²) in [5.41, 5.74) is 0. The standard InChI is InChI=1S/C12H19BrN2O2/c1-5-9(13)11-14-15-12(17-11)10-6(2)7(3)16-8(10)4/h6-10H,5H2,1-4H3. The van der Waals surface area contributed by atoms with E-state index in [0.717, 1.165) is 6.42 Å². The van der Waals surface area contributed by atoms with E-state index in [1.165, 1.54) is 0 Å². The third-order valence-corrected chi connectivity index (χ3v) is 4.65. The van der Waals surface area contributed by atoms with E-state index < -0.39 is 0 Å². The number of aromatic nitrogens is 2. The zero-order chi connectivity index (χ0) is 12.6. The third kappa shape index (κ3) is 2.40. The van der Waals surface area contributed by atoms with Crippen LogP contribution in [-0.4, -0.2) is 22.4 Å². The lowest BCUT2D eigenvalue weighted by molar-refractivity contribution is 0.0544. The van der Waals surface area contributed by atoms with Crippen molar-refractivity contribution in [3.05, 3.63) is 11.8 Å². The van der Waals surface area contributed by atoms with E-state index in [2.05, 4.69) is 53.8 Å². The topological polar surface area (TPSA) is 48.2 Å². The van der Waals surface area contributed by atoms with E-state index in [4.69, 9.17) is 9.15 Å². The molecule has 0 N–H and O–H groups in total. The Morgan fingerprint density at radius 1 is 1.24 bits per heavy atom. The predicted octanol–water partition coefficient (Wildman–Crippen LogP) is 3.44. The first-order chi connectivity index (χ1) is 8.04. The zero-order valence-electron chi connectivity index (χ0n) is 10.7. The maximum absolute atomic E-state index is 5.80. The summed E-state index contributed by atoms with van der Waals surface area (Å²) < 4.78 is 11.6. The normalized spacial score (nSPS) is 35.1. The van der Waals surface area contributed by atoms with Gasteiger partial charge in [0.2, 0.25) is 11.8 Å². The number of halogens is 1. The average molecular weight is 303 g/mol. The first-order valence-electron chi connectivity index (χ1n) is 6.17. The summed E-state index contributed by atoms with van der Waals surface area (Å²) in [4.78, 5) is 0.147. The molecule has 1 aliphatic rings. The van der Waals surface area contributed by atoms with E-state index in [9.17, 15) is 0 Å². The number of ether oxygens (including phenoxy) is 1. The van der Waals surface area contributed by atoms with E-state index in [1.807, 2.05) is 0 Å². The molecule has 5 atom stereocenters. The second-order valence-electron chi connectivity index (χ2n) is 4.79. The van der Waals surface area contributed by atoms with Gasteiger partial charge in [0, 0.05) is 0 Å². The highest BCUT2D eigenvalue weighted by Crippen LogP contribution is 2.39. The molecule has 17 heavy (non-hydrogen) atoms. The highest BCUT2D eigenvalue weighted by Gasteiger charge is 2.41. The fraction of sp³-hybridized carbons (Fsp3) is 0.833. The fourth-order valence-corrected chi connectivity index (χ4v) is 2.56. The molecule has 96 valence electrons. The molecule has 1 aromatic heterocycles. The number of hydrogen-bond acceptors (Lipinski definition) is 4. The fourth-order valence-electron chi connectivity index (χ4n) is 2.37. The van der Waals surface area contributed by atoms with Crippen molar-refractivity contribution in [1.29, 1.82) is 0 Å². The van der Waals surface area contributed by atoms with Gasteiger partial charge in [-0.25, -0.2) is 0 Å². The molecule has 1 aliphatic heterocycles. The molecule has 2 rings (SSSR count). The summed E-state index contributed by atoms with van der Waals surface area (Å²) in [6.07, 6.45) is 1.32. The minimum atomic E-state index is 0.142. The Morgan fingerprint density at radius 2 is 1.94 bits per heavy atom. The maximum atomic E-state index is 5.80. The van der Waals surface area contributed by atoms with Gasteiger partial charge in [0.1, 0.15) is 0 Å². The molecule has 0 spiro atoms. The van der Waals surface area contributed by atoms with Crippen LogP contribution in [0, 0.1) is 5.92 Å². The van der Waals surface area contributed by atoms with Crippen molar-refractivity contribution in [1.82, 2.24) is 10.2 Å². The summed E-state index contributed by atoms with van der Waals surface area (Å²) in [6.45, 7) is 8.42. The molecular formula is C12H19BrN2O2. The average Bonchev–Trinajstić information content (AvgIpc) is 2.85. The number of nitrogens with zero attached hydrogens (tertiary/aromatic N) is 2. The Morgan fingerprint density at radius 3 is 2.47 bits per heavy atom. The van der Waals surface area contributed by atoms with Gasteiger partial charge in [-0.2, -0.15) is 0 Å². The molecule has 2 heterocycles. The highest BCUT2D eigenvalue weighted by molar-refractivity contribution is 9.09. The molecule has 1 saturated heterocycles.